The predicted octanol–water partition coefficient (Wildman–Crippen LogP) is 1.66. The average molecular weight is 226 g/mol. The highest BCUT2D eigenvalue weighted by atomic mass is 32.1. The molecule has 84 valence electrons. The monoisotopic (exact) mass is 226 g/mol. The van der Waals surface area contributed by atoms with Gasteiger partial charge in [-0.05, 0) is 33.1 Å². The summed E-state index contributed by atoms with van der Waals surface area (Å²) in [5, 5.41) is 13.5. The standard InChI is InChI=1S/C11H18N2OS/c1-7(6-14)12-8(2)11-13-9-4-3-5-10(9)15-11/h7-8,12,14H,3-6H2,1-2H3/t7-,8?/m1/s1. The minimum absolute atomic E-state index is 0.138. The van der Waals surface area contributed by atoms with Gasteiger partial charge in [-0.1, -0.05) is 0 Å². The summed E-state index contributed by atoms with van der Waals surface area (Å²) in [5.74, 6) is 0. The number of aryl methyl sites for hydroxylation is 2. The average Bonchev–Trinajstić information content (AvgIpc) is 2.76. The van der Waals surface area contributed by atoms with Crippen LogP contribution in [0.1, 0.15) is 41.9 Å². The largest absolute Gasteiger partial charge is 0.395 e. The van der Waals surface area contributed by atoms with E-state index < -0.39 is 0 Å². The third-order valence-corrected chi connectivity index (χ3v) is 4.13. The zero-order valence-electron chi connectivity index (χ0n) is 9.29. The van der Waals surface area contributed by atoms with E-state index in [0.717, 1.165) is 6.42 Å². The number of nitrogens with one attached hydrogen (secondary N) is 1. The van der Waals surface area contributed by atoms with Crippen LogP contribution in [0, 0.1) is 0 Å². The van der Waals surface area contributed by atoms with Gasteiger partial charge in [0.15, 0.2) is 0 Å². The Bertz CT molecular complexity index is 316. The van der Waals surface area contributed by atoms with Crippen molar-refractivity contribution in [3.63, 3.8) is 0 Å². The Labute approximate surface area is 94.5 Å². The molecule has 1 aromatic heterocycles. The van der Waals surface area contributed by atoms with Crippen LogP contribution in [0.25, 0.3) is 0 Å². The fraction of sp³-hybridized carbons (Fsp3) is 0.727. The fourth-order valence-electron chi connectivity index (χ4n) is 1.95. The Morgan fingerprint density at radius 2 is 2.27 bits per heavy atom. The number of aliphatic hydroxyl groups is 1. The second-order valence-corrected chi connectivity index (χ2v) is 5.36. The first-order valence-electron chi connectivity index (χ1n) is 5.56. The highest BCUT2D eigenvalue weighted by Gasteiger charge is 2.20. The predicted molar refractivity (Wildman–Crippen MR) is 62.2 cm³/mol. The first-order chi connectivity index (χ1) is 7.20. The van der Waals surface area contributed by atoms with Gasteiger partial charge in [0.2, 0.25) is 0 Å². The lowest BCUT2D eigenvalue weighted by atomic mass is 10.3. The molecule has 1 heterocycles. The van der Waals surface area contributed by atoms with Crippen molar-refractivity contribution >= 4 is 11.3 Å². The van der Waals surface area contributed by atoms with E-state index in [0.29, 0.717) is 0 Å². The van der Waals surface area contributed by atoms with Gasteiger partial charge in [-0.25, -0.2) is 4.98 Å². The number of aromatic nitrogens is 1. The summed E-state index contributed by atoms with van der Waals surface area (Å²) in [6.07, 6.45) is 3.62. The van der Waals surface area contributed by atoms with Crippen molar-refractivity contribution in [1.82, 2.24) is 10.3 Å². The molecule has 1 aromatic rings. The number of rotatable bonds is 4. The van der Waals surface area contributed by atoms with Crippen LogP contribution in [-0.2, 0) is 12.8 Å². The summed E-state index contributed by atoms with van der Waals surface area (Å²) in [6.45, 7) is 4.27. The van der Waals surface area contributed by atoms with Crippen LogP contribution in [0.3, 0.4) is 0 Å². The van der Waals surface area contributed by atoms with Crippen LogP contribution < -0.4 is 5.32 Å². The summed E-state index contributed by atoms with van der Waals surface area (Å²) in [5.41, 5.74) is 1.31. The van der Waals surface area contributed by atoms with Crippen LogP contribution in [0.5, 0.6) is 0 Å². The molecule has 0 saturated heterocycles. The van der Waals surface area contributed by atoms with Crippen molar-refractivity contribution in [3.8, 4) is 0 Å². The zero-order chi connectivity index (χ0) is 10.8. The van der Waals surface area contributed by atoms with Gasteiger partial charge in [0, 0.05) is 10.9 Å². The highest BCUT2D eigenvalue weighted by Crippen LogP contribution is 2.30. The van der Waals surface area contributed by atoms with E-state index in [-0.39, 0.29) is 18.7 Å². The van der Waals surface area contributed by atoms with Gasteiger partial charge >= 0.3 is 0 Å². The number of hydrogen-bond donors (Lipinski definition) is 2. The van der Waals surface area contributed by atoms with Gasteiger partial charge < -0.3 is 10.4 Å². The van der Waals surface area contributed by atoms with Crippen molar-refractivity contribution in [2.24, 2.45) is 0 Å². The maximum Gasteiger partial charge on any atom is 0.110 e. The zero-order valence-corrected chi connectivity index (χ0v) is 10.1. The minimum Gasteiger partial charge on any atom is -0.395 e. The van der Waals surface area contributed by atoms with E-state index in [9.17, 15) is 0 Å². The molecule has 4 heteroatoms. The lowest BCUT2D eigenvalue weighted by Crippen LogP contribution is -2.31. The van der Waals surface area contributed by atoms with E-state index in [4.69, 9.17) is 5.11 Å². The number of hydrogen-bond acceptors (Lipinski definition) is 4. The highest BCUT2D eigenvalue weighted by molar-refractivity contribution is 7.11. The molecule has 0 saturated carbocycles. The van der Waals surface area contributed by atoms with Gasteiger partial charge in [0.1, 0.15) is 5.01 Å². The number of aliphatic hydroxyl groups excluding tert-OH is 1. The molecule has 2 atom stereocenters. The van der Waals surface area contributed by atoms with Crippen molar-refractivity contribution in [1.29, 1.82) is 0 Å². The molecule has 1 unspecified atom stereocenters. The molecule has 0 aromatic carbocycles. The molecular weight excluding hydrogens is 208 g/mol. The van der Waals surface area contributed by atoms with Crippen molar-refractivity contribution in [2.45, 2.75) is 45.2 Å². The number of fused-ring (bicyclic) bond motifs is 1. The Morgan fingerprint density at radius 1 is 1.47 bits per heavy atom. The summed E-state index contributed by atoms with van der Waals surface area (Å²) in [7, 11) is 0. The second kappa shape index (κ2) is 4.60. The molecule has 0 spiro atoms. The van der Waals surface area contributed by atoms with Crippen LogP contribution in [0.2, 0.25) is 0 Å². The van der Waals surface area contributed by atoms with Crippen molar-refractivity contribution in [2.75, 3.05) is 6.61 Å². The Kier molecular flexibility index (Phi) is 3.38. The summed E-state index contributed by atoms with van der Waals surface area (Å²) >= 11 is 1.83. The molecule has 0 bridgehead atoms. The van der Waals surface area contributed by atoms with Gasteiger partial charge in [0.25, 0.3) is 0 Å². The molecule has 1 aliphatic carbocycles. The molecule has 0 fully saturated rings. The van der Waals surface area contributed by atoms with E-state index in [1.54, 1.807) is 0 Å². The Balaban J connectivity index is 2.03. The van der Waals surface area contributed by atoms with Crippen LogP contribution in [-0.4, -0.2) is 22.7 Å². The number of nitrogens with zero attached hydrogens (tertiary/aromatic N) is 1. The van der Waals surface area contributed by atoms with Crippen LogP contribution >= 0.6 is 11.3 Å². The van der Waals surface area contributed by atoms with E-state index in [2.05, 4.69) is 17.2 Å². The molecule has 2 rings (SSSR count). The van der Waals surface area contributed by atoms with Gasteiger partial charge in [-0.15, -0.1) is 11.3 Å². The molecule has 1 aliphatic rings. The molecule has 0 radical (unpaired) electrons. The van der Waals surface area contributed by atoms with Gasteiger partial charge in [-0.3, -0.25) is 0 Å². The fourth-order valence-corrected chi connectivity index (χ4v) is 3.11. The minimum atomic E-state index is 0.138. The molecule has 0 aliphatic heterocycles. The summed E-state index contributed by atoms with van der Waals surface area (Å²) in [4.78, 5) is 6.12. The first-order valence-corrected chi connectivity index (χ1v) is 6.37. The third-order valence-electron chi connectivity index (χ3n) is 2.79. The summed E-state index contributed by atoms with van der Waals surface area (Å²) < 4.78 is 0. The van der Waals surface area contributed by atoms with Gasteiger partial charge in [-0.2, -0.15) is 0 Å². The number of thiazole rings is 1. The van der Waals surface area contributed by atoms with E-state index in [1.807, 2.05) is 18.3 Å². The maximum absolute atomic E-state index is 8.97. The molecular formula is C11H18N2OS. The topological polar surface area (TPSA) is 45.1 Å². The van der Waals surface area contributed by atoms with E-state index in [1.165, 1.54) is 28.4 Å². The van der Waals surface area contributed by atoms with Crippen molar-refractivity contribution < 1.29 is 5.11 Å². The normalized spacial score (nSPS) is 18.9. The Hall–Kier alpha value is -0.450. The second-order valence-electron chi connectivity index (χ2n) is 4.25. The Morgan fingerprint density at radius 3 is 2.93 bits per heavy atom. The smallest absolute Gasteiger partial charge is 0.110 e. The van der Waals surface area contributed by atoms with Crippen LogP contribution in [0.15, 0.2) is 0 Å². The van der Waals surface area contributed by atoms with Crippen LogP contribution in [0.4, 0.5) is 0 Å². The molecule has 15 heavy (non-hydrogen) atoms. The van der Waals surface area contributed by atoms with E-state index >= 15 is 0 Å². The lowest BCUT2D eigenvalue weighted by molar-refractivity contribution is 0.243. The molecule has 0 amide bonds. The quantitative estimate of drug-likeness (QED) is 0.821. The lowest BCUT2D eigenvalue weighted by Gasteiger charge is -2.16. The SMILES string of the molecule is CC(N[C@H](C)CO)c1nc2c(s1)CCC2. The third kappa shape index (κ3) is 2.38. The van der Waals surface area contributed by atoms with Gasteiger partial charge in [0.05, 0.1) is 18.3 Å². The summed E-state index contributed by atoms with van der Waals surface area (Å²) in [6, 6.07) is 0.390. The van der Waals surface area contributed by atoms with Crippen molar-refractivity contribution in [3.05, 3.63) is 15.6 Å². The maximum atomic E-state index is 8.97. The molecule has 3 nitrogen and oxygen atoms in total. The first kappa shape index (κ1) is 11.0. The molecule has 2 N–H and O–H groups in total.